The SMILES string of the molecule is CCNCCOc1ccc2cc(C(C)=O)c(=NO)oc2c1. The van der Waals surface area contributed by atoms with Gasteiger partial charge in [-0.05, 0) is 36.8 Å². The van der Waals surface area contributed by atoms with Crippen molar-refractivity contribution in [3.63, 3.8) is 0 Å². The summed E-state index contributed by atoms with van der Waals surface area (Å²) in [6.45, 7) is 5.62. The fraction of sp³-hybridized carbons (Fsp3) is 0.333. The highest BCUT2D eigenvalue weighted by Gasteiger charge is 2.09. The van der Waals surface area contributed by atoms with Crippen molar-refractivity contribution in [3.8, 4) is 5.75 Å². The highest BCUT2D eigenvalue weighted by atomic mass is 16.5. The molecule has 0 saturated heterocycles. The number of ketones is 1. The van der Waals surface area contributed by atoms with E-state index in [1.165, 1.54) is 6.92 Å². The number of carbonyl (C=O) groups excluding carboxylic acids is 1. The number of Topliss-reactive ketones (excluding diaryl/α,β-unsaturated/α-hetero) is 1. The standard InChI is InChI=1S/C15H18N2O4/c1-3-16-6-7-20-12-5-4-11-8-13(10(2)18)15(17-19)21-14(11)9-12/h4-5,8-9,16,19H,3,6-7H2,1-2H3. The molecule has 1 heterocycles. The molecule has 0 aliphatic carbocycles. The summed E-state index contributed by atoms with van der Waals surface area (Å²) in [6.07, 6.45) is 0. The van der Waals surface area contributed by atoms with Gasteiger partial charge in [0.25, 0.3) is 5.55 Å². The number of likely N-dealkylation sites (N-methyl/N-ethyl adjacent to an activating group) is 1. The number of nitrogens with zero attached hydrogens (tertiary/aromatic N) is 1. The summed E-state index contributed by atoms with van der Waals surface area (Å²) in [5.41, 5.74) is 0.638. The number of hydrogen-bond acceptors (Lipinski definition) is 6. The van der Waals surface area contributed by atoms with Gasteiger partial charge in [0.1, 0.15) is 17.9 Å². The third-order valence-corrected chi connectivity index (χ3v) is 2.99. The smallest absolute Gasteiger partial charge is 0.266 e. The maximum atomic E-state index is 11.5. The predicted molar refractivity (Wildman–Crippen MR) is 77.6 cm³/mol. The van der Waals surface area contributed by atoms with Crippen LogP contribution in [0.15, 0.2) is 33.8 Å². The van der Waals surface area contributed by atoms with Crippen LogP contribution in [0.2, 0.25) is 0 Å². The summed E-state index contributed by atoms with van der Waals surface area (Å²) in [5, 5.41) is 15.9. The Morgan fingerprint density at radius 2 is 2.24 bits per heavy atom. The number of nitrogens with one attached hydrogen (secondary N) is 1. The topological polar surface area (TPSA) is 84.1 Å². The van der Waals surface area contributed by atoms with Crippen molar-refractivity contribution in [1.29, 1.82) is 0 Å². The second kappa shape index (κ2) is 6.90. The van der Waals surface area contributed by atoms with Crippen molar-refractivity contribution in [1.82, 2.24) is 5.32 Å². The molecular weight excluding hydrogens is 272 g/mol. The number of ether oxygens (including phenoxy) is 1. The van der Waals surface area contributed by atoms with Crippen molar-refractivity contribution < 1.29 is 19.2 Å². The first-order valence-electron chi connectivity index (χ1n) is 6.76. The molecule has 6 nitrogen and oxygen atoms in total. The second-order valence-corrected chi connectivity index (χ2v) is 4.52. The van der Waals surface area contributed by atoms with Gasteiger partial charge in [-0.2, -0.15) is 0 Å². The van der Waals surface area contributed by atoms with E-state index in [9.17, 15) is 4.79 Å². The normalized spacial score (nSPS) is 11.8. The van der Waals surface area contributed by atoms with E-state index in [-0.39, 0.29) is 16.9 Å². The summed E-state index contributed by atoms with van der Waals surface area (Å²) in [5.74, 6) is 0.433. The zero-order chi connectivity index (χ0) is 15.2. The Hall–Kier alpha value is -2.34. The first kappa shape index (κ1) is 15.1. The highest BCUT2D eigenvalue weighted by Crippen LogP contribution is 2.20. The van der Waals surface area contributed by atoms with Crippen molar-refractivity contribution in [2.75, 3.05) is 19.7 Å². The maximum absolute atomic E-state index is 11.5. The van der Waals surface area contributed by atoms with Crippen LogP contribution >= 0.6 is 0 Å². The number of hydrogen-bond donors (Lipinski definition) is 2. The van der Waals surface area contributed by atoms with E-state index in [2.05, 4.69) is 10.5 Å². The molecule has 0 fully saturated rings. The summed E-state index contributed by atoms with van der Waals surface area (Å²) in [4.78, 5) is 11.5. The van der Waals surface area contributed by atoms with Gasteiger partial charge in [-0.25, -0.2) is 0 Å². The fourth-order valence-electron chi connectivity index (χ4n) is 1.93. The minimum atomic E-state index is -0.223. The van der Waals surface area contributed by atoms with E-state index >= 15 is 0 Å². The molecular formula is C15H18N2O4. The Kier molecular flexibility index (Phi) is 4.94. The van der Waals surface area contributed by atoms with E-state index in [1.54, 1.807) is 18.2 Å². The Labute approximate surface area is 122 Å². The molecule has 112 valence electrons. The highest BCUT2D eigenvalue weighted by molar-refractivity contribution is 5.96. The lowest BCUT2D eigenvalue weighted by Crippen LogP contribution is -2.20. The Bertz CT molecular complexity index is 706. The van der Waals surface area contributed by atoms with Crippen LogP contribution in [0, 0.1) is 0 Å². The Balaban J connectivity index is 2.31. The largest absolute Gasteiger partial charge is 0.492 e. The van der Waals surface area contributed by atoms with E-state index < -0.39 is 0 Å². The van der Waals surface area contributed by atoms with Gasteiger partial charge in [0.2, 0.25) is 0 Å². The molecule has 21 heavy (non-hydrogen) atoms. The van der Waals surface area contributed by atoms with E-state index in [0.717, 1.165) is 18.5 Å². The van der Waals surface area contributed by atoms with Gasteiger partial charge in [-0.1, -0.05) is 6.92 Å². The van der Waals surface area contributed by atoms with E-state index in [1.807, 2.05) is 13.0 Å². The number of benzene rings is 1. The molecule has 0 radical (unpaired) electrons. The first-order chi connectivity index (χ1) is 10.2. The lowest BCUT2D eigenvalue weighted by molar-refractivity contribution is 0.101. The molecule has 0 unspecified atom stereocenters. The number of carbonyl (C=O) groups is 1. The number of fused-ring (bicyclic) bond motifs is 1. The number of rotatable bonds is 6. The second-order valence-electron chi connectivity index (χ2n) is 4.52. The molecule has 0 saturated carbocycles. The van der Waals surface area contributed by atoms with Crippen LogP contribution in [0.5, 0.6) is 5.75 Å². The predicted octanol–water partition coefficient (Wildman–Crippen LogP) is 1.91. The van der Waals surface area contributed by atoms with Crippen LogP contribution in [-0.4, -0.2) is 30.7 Å². The van der Waals surface area contributed by atoms with Crippen molar-refractivity contribution in [2.45, 2.75) is 13.8 Å². The quantitative estimate of drug-likeness (QED) is 0.367. The Morgan fingerprint density at radius 1 is 1.43 bits per heavy atom. The van der Waals surface area contributed by atoms with Crippen LogP contribution < -0.4 is 15.6 Å². The third-order valence-electron chi connectivity index (χ3n) is 2.99. The molecule has 0 aliphatic rings. The molecule has 1 aromatic heterocycles. The zero-order valence-corrected chi connectivity index (χ0v) is 12.0. The molecule has 6 heteroatoms. The van der Waals surface area contributed by atoms with Gasteiger partial charge in [-0.15, -0.1) is 0 Å². The average molecular weight is 290 g/mol. The van der Waals surface area contributed by atoms with Gasteiger partial charge >= 0.3 is 0 Å². The lowest BCUT2D eigenvalue weighted by atomic mass is 10.1. The average Bonchev–Trinajstić information content (AvgIpc) is 2.50. The molecule has 0 aliphatic heterocycles. The fourth-order valence-corrected chi connectivity index (χ4v) is 1.93. The zero-order valence-electron chi connectivity index (χ0n) is 12.0. The van der Waals surface area contributed by atoms with Crippen LogP contribution in [0.3, 0.4) is 0 Å². The van der Waals surface area contributed by atoms with Crippen LogP contribution in [0.4, 0.5) is 0 Å². The van der Waals surface area contributed by atoms with Gasteiger partial charge in [0, 0.05) is 18.0 Å². The van der Waals surface area contributed by atoms with Crippen LogP contribution in [0.25, 0.3) is 11.0 Å². The minimum Gasteiger partial charge on any atom is -0.492 e. The molecule has 1 aromatic carbocycles. The molecule has 2 N–H and O–H groups in total. The van der Waals surface area contributed by atoms with Gasteiger partial charge < -0.3 is 19.7 Å². The minimum absolute atomic E-state index is 0.0974. The molecule has 0 spiro atoms. The lowest BCUT2D eigenvalue weighted by Gasteiger charge is -2.07. The molecule has 2 rings (SSSR count). The van der Waals surface area contributed by atoms with Crippen molar-refractivity contribution in [3.05, 3.63) is 35.4 Å². The molecule has 0 amide bonds. The van der Waals surface area contributed by atoms with Gasteiger partial charge in [0.05, 0.1) is 5.56 Å². The molecule has 2 aromatic rings. The summed E-state index contributed by atoms with van der Waals surface area (Å²) in [6, 6.07) is 6.96. The van der Waals surface area contributed by atoms with Crippen molar-refractivity contribution in [2.24, 2.45) is 5.16 Å². The van der Waals surface area contributed by atoms with Gasteiger partial charge in [0.15, 0.2) is 5.78 Å². The van der Waals surface area contributed by atoms with E-state index in [0.29, 0.717) is 17.9 Å². The summed E-state index contributed by atoms with van der Waals surface area (Å²) < 4.78 is 11.0. The van der Waals surface area contributed by atoms with Crippen LogP contribution in [0.1, 0.15) is 24.2 Å². The first-order valence-corrected chi connectivity index (χ1v) is 6.76. The third kappa shape index (κ3) is 3.61. The molecule has 0 bridgehead atoms. The summed E-state index contributed by atoms with van der Waals surface area (Å²) >= 11 is 0. The monoisotopic (exact) mass is 290 g/mol. The van der Waals surface area contributed by atoms with Gasteiger partial charge in [-0.3, -0.25) is 4.79 Å². The summed E-state index contributed by atoms with van der Waals surface area (Å²) in [7, 11) is 0. The van der Waals surface area contributed by atoms with Crippen LogP contribution in [-0.2, 0) is 0 Å². The Morgan fingerprint density at radius 3 is 2.90 bits per heavy atom. The van der Waals surface area contributed by atoms with Crippen molar-refractivity contribution >= 4 is 16.8 Å². The molecule has 0 atom stereocenters. The maximum Gasteiger partial charge on any atom is 0.266 e. The van der Waals surface area contributed by atoms with E-state index in [4.69, 9.17) is 14.4 Å².